The van der Waals surface area contributed by atoms with Crippen LogP contribution in [-0.2, 0) is 6.42 Å². The summed E-state index contributed by atoms with van der Waals surface area (Å²) >= 11 is 0. The first-order valence-electron chi connectivity index (χ1n) is 11.0. The molecule has 0 aliphatic carbocycles. The highest BCUT2D eigenvalue weighted by Gasteiger charge is 2.35. The van der Waals surface area contributed by atoms with Gasteiger partial charge in [-0.2, -0.15) is 0 Å². The van der Waals surface area contributed by atoms with Crippen molar-refractivity contribution in [3.8, 4) is 11.5 Å². The number of halogens is 1. The summed E-state index contributed by atoms with van der Waals surface area (Å²) in [6, 6.07) is 23.6. The van der Waals surface area contributed by atoms with Gasteiger partial charge in [0.2, 0.25) is 0 Å². The van der Waals surface area contributed by atoms with Crippen molar-refractivity contribution in [3.05, 3.63) is 95.3 Å². The van der Waals surface area contributed by atoms with E-state index >= 15 is 0 Å². The van der Waals surface area contributed by atoms with Crippen LogP contribution in [-0.4, -0.2) is 44.3 Å². The maximum absolute atomic E-state index is 13.6. The van der Waals surface area contributed by atoms with Crippen molar-refractivity contribution in [2.24, 2.45) is 0 Å². The lowest BCUT2D eigenvalue weighted by atomic mass is 9.87. The Bertz CT molecular complexity index is 1030. The minimum absolute atomic E-state index is 0.0728. The zero-order valence-corrected chi connectivity index (χ0v) is 19.0. The molecule has 1 N–H and O–H groups in total. The number of nitrogens with one attached hydrogen (secondary N) is 1. The zero-order valence-electron chi connectivity index (χ0n) is 19.0. The van der Waals surface area contributed by atoms with Gasteiger partial charge in [0.05, 0.1) is 20.3 Å². The van der Waals surface area contributed by atoms with E-state index in [4.69, 9.17) is 9.47 Å². The van der Waals surface area contributed by atoms with Gasteiger partial charge in [0.25, 0.3) is 0 Å². The van der Waals surface area contributed by atoms with Crippen molar-refractivity contribution in [2.75, 3.05) is 33.9 Å². The molecule has 0 amide bonds. The van der Waals surface area contributed by atoms with Crippen LogP contribution in [0.5, 0.6) is 11.5 Å². The minimum Gasteiger partial charge on any atom is -0.493 e. The van der Waals surface area contributed by atoms with Gasteiger partial charge in [-0.25, -0.2) is 4.39 Å². The molecule has 3 aromatic carbocycles. The fourth-order valence-electron chi connectivity index (χ4n) is 4.76. The van der Waals surface area contributed by atoms with Crippen LogP contribution in [0.15, 0.2) is 72.8 Å². The average molecular weight is 435 g/mol. The van der Waals surface area contributed by atoms with Gasteiger partial charge >= 0.3 is 0 Å². The topological polar surface area (TPSA) is 33.7 Å². The molecule has 0 saturated carbocycles. The number of benzene rings is 3. The van der Waals surface area contributed by atoms with E-state index in [1.54, 1.807) is 26.4 Å². The molecule has 1 aliphatic heterocycles. The second kappa shape index (κ2) is 9.72. The van der Waals surface area contributed by atoms with E-state index in [1.807, 2.05) is 24.3 Å². The Morgan fingerprint density at radius 3 is 2.31 bits per heavy atom. The fourth-order valence-corrected chi connectivity index (χ4v) is 4.76. The molecule has 1 aliphatic rings. The van der Waals surface area contributed by atoms with Gasteiger partial charge < -0.3 is 14.8 Å². The quantitative estimate of drug-likeness (QED) is 0.577. The van der Waals surface area contributed by atoms with Crippen LogP contribution in [0.4, 0.5) is 4.39 Å². The van der Waals surface area contributed by atoms with Gasteiger partial charge in [-0.3, -0.25) is 4.90 Å². The van der Waals surface area contributed by atoms with Crippen LogP contribution in [0, 0.1) is 5.82 Å². The van der Waals surface area contributed by atoms with E-state index in [9.17, 15) is 4.39 Å². The summed E-state index contributed by atoms with van der Waals surface area (Å²) in [5.41, 5.74) is 3.39. The maximum Gasteiger partial charge on any atom is 0.160 e. The Kier molecular flexibility index (Phi) is 6.77. The van der Waals surface area contributed by atoms with Crippen molar-refractivity contribution in [1.29, 1.82) is 0 Å². The Morgan fingerprint density at radius 2 is 1.62 bits per heavy atom. The summed E-state index contributed by atoms with van der Waals surface area (Å²) in [4.78, 5) is 2.50. The standard InChI is InChI=1S/C27H31FN2O2/c1-27(18-20-9-14-24(31-2)25(17-20)32-3)19-30(16-15-29-27)26(21-7-5-4-6-8-21)22-10-12-23(28)13-11-22/h4-14,17,26,29H,15-16,18-19H2,1-3H3. The van der Waals surface area contributed by atoms with Crippen LogP contribution < -0.4 is 14.8 Å². The molecule has 4 rings (SSSR count). The third kappa shape index (κ3) is 4.95. The molecule has 1 fully saturated rings. The molecule has 2 atom stereocenters. The van der Waals surface area contributed by atoms with Crippen LogP contribution in [0.1, 0.15) is 29.7 Å². The minimum atomic E-state index is -0.209. The molecule has 0 spiro atoms. The second-order valence-electron chi connectivity index (χ2n) is 8.69. The fraction of sp³-hybridized carbons (Fsp3) is 0.333. The smallest absolute Gasteiger partial charge is 0.160 e. The van der Waals surface area contributed by atoms with Crippen molar-refractivity contribution in [2.45, 2.75) is 24.9 Å². The average Bonchev–Trinajstić information content (AvgIpc) is 2.81. The Balaban J connectivity index is 1.61. The lowest BCUT2D eigenvalue weighted by Gasteiger charge is -2.45. The van der Waals surface area contributed by atoms with Crippen molar-refractivity contribution in [1.82, 2.24) is 10.2 Å². The number of hydrogen-bond acceptors (Lipinski definition) is 4. The van der Waals surface area contributed by atoms with Crippen LogP contribution >= 0.6 is 0 Å². The molecular formula is C27H31FN2O2. The monoisotopic (exact) mass is 434 g/mol. The Morgan fingerprint density at radius 1 is 0.938 bits per heavy atom. The van der Waals surface area contributed by atoms with Crippen molar-refractivity contribution in [3.63, 3.8) is 0 Å². The number of ether oxygens (including phenoxy) is 2. The molecule has 0 aromatic heterocycles. The van der Waals surface area contributed by atoms with E-state index in [-0.39, 0.29) is 17.4 Å². The molecule has 2 unspecified atom stereocenters. The molecule has 4 nitrogen and oxygen atoms in total. The van der Waals surface area contributed by atoms with Gasteiger partial charge in [-0.1, -0.05) is 48.5 Å². The molecular weight excluding hydrogens is 403 g/mol. The van der Waals surface area contributed by atoms with Crippen LogP contribution in [0.3, 0.4) is 0 Å². The molecule has 32 heavy (non-hydrogen) atoms. The molecule has 0 bridgehead atoms. The normalized spacial score (nSPS) is 20.0. The molecule has 0 radical (unpaired) electrons. The summed E-state index contributed by atoms with van der Waals surface area (Å²) in [6.07, 6.45) is 0.856. The van der Waals surface area contributed by atoms with E-state index in [0.29, 0.717) is 0 Å². The predicted molar refractivity (Wildman–Crippen MR) is 126 cm³/mol. The summed E-state index contributed by atoms with van der Waals surface area (Å²) in [7, 11) is 3.32. The SMILES string of the molecule is COc1ccc(CC2(C)CN(C(c3ccccc3)c3ccc(F)cc3)CCN2)cc1OC. The number of nitrogens with zero attached hydrogens (tertiary/aromatic N) is 1. The second-order valence-corrected chi connectivity index (χ2v) is 8.69. The first-order valence-corrected chi connectivity index (χ1v) is 11.0. The van der Waals surface area contributed by atoms with E-state index in [2.05, 4.69) is 53.5 Å². The summed E-state index contributed by atoms with van der Waals surface area (Å²) in [5, 5.41) is 3.73. The van der Waals surface area contributed by atoms with Crippen LogP contribution in [0.2, 0.25) is 0 Å². The third-order valence-corrected chi connectivity index (χ3v) is 6.21. The largest absolute Gasteiger partial charge is 0.493 e. The van der Waals surface area contributed by atoms with Gasteiger partial charge in [-0.05, 0) is 54.3 Å². The van der Waals surface area contributed by atoms with Crippen molar-refractivity contribution < 1.29 is 13.9 Å². The highest BCUT2D eigenvalue weighted by Crippen LogP contribution is 2.33. The number of methoxy groups -OCH3 is 2. The third-order valence-electron chi connectivity index (χ3n) is 6.21. The summed E-state index contributed by atoms with van der Waals surface area (Å²) < 4.78 is 24.5. The number of rotatable bonds is 7. The lowest BCUT2D eigenvalue weighted by Crippen LogP contribution is -2.60. The first kappa shape index (κ1) is 22.3. The molecule has 5 heteroatoms. The van der Waals surface area contributed by atoms with Gasteiger partial charge in [0.1, 0.15) is 5.82 Å². The zero-order chi connectivity index (χ0) is 22.6. The van der Waals surface area contributed by atoms with Crippen LogP contribution in [0.25, 0.3) is 0 Å². The summed E-state index contributed by atoms with van der Waals surface area (Å²) in [5.74, 6) is 1.27. The Labute approximate surface area is 190 Å². The maximum atomic E-state index is 13.6. The molecule has 1 saturated heterocycles. The Hall–Kier alpha value is -2.89. The van der Waals surface area contributed by atoms with E-state index in [0.717, 1.165) is 43.1 Å². The number of piperazine rings is 1. The predicted octanol–water partition coefficient (Wildman–Crippen LogP) is 4.84. The van der Waals surface area contributed by atoms with Gasteiger partial charge in [-0.15, -0.1) is 0 Å². The molecule has 1 heterocycles. The van der Waals surface area contributed by atoms with Gasteiger partial charge in [0, 0.05) is 25.2 Å². The van der Waals surface area contributed by atoms with Gasteiger partial charge in [0.15, 0.2) is 11.5 Å². The summed E-state index contributed by atoms with van der Waals surface area (Å²) in [6.45, 7) is 4.92. The molecule has 168 valence electrons. The molecule has 3 aromatic rings. The highest BCUT2D eigenvalue weighted by atomic mass is 19.1. The van der Waals surface area contributed by atoms with Crippen molar-refractivity contribution >= 4 is 0 Å². The lowest BCUT2D eigenvalue weighted by molar-refractivity contribution is 0.115. The van der Waals surface area contributed by atoms with E-state index in [1.165, 1.54) is 11.1 Å². The highest BCUT2D eigenvalue weighted by molar-refractivity contribution is 5.43. The first-order chi connectivity index (χ1) is 15.5. The van der Waals surface area contributed by atoms with E-state index < -0.39 is 0 Å². The number of hydrogen-bond donors (Lipinski definition) is 1.